The van der Waals surface area contributed by atoms with Crippen molar-refractivity contribution in [2.75, 3.05) is 6.54 Å². The highest BCUT2D eigenvalue weighted by Gasteiger charge is 2.50. The number of amides is 1. The van der Waals surface area contributed by atoms with Gasteiger partial charge in [-0.2, -0.15) is 4.72 Å². The van der Waals surface area contributed by atoms with Crippen LogP contribution in [0, 0.1) is 25.7 Å². The molecule has 4 atom stereocenters. The molecule has 0 radical (unpaired) electrons. The third-order valence-corrected chi connectivity index (χ3v) is 7.15. The highest BCUT2D eigenvalue weighted by Crippen LogP contribution is 2.42. The van der Waals surface area contributed by atoms with E-state index in [2.05, 4.69) is 9.88 Å². The van der Waals surface area contributed by atoms with Crippen molar-refractivity contribution in [3.63, 3.8) is 0 Å². The number of carboxylic acid groups (broad SMARTS) is 1. The van der Waals surface area contributed by atoms with Crippen LogP contribution < -0.4 is 4.72 Å². The maximum absolute atomic E-state index is 12.8. The van der Waals surface area contributed by atoms with Crippen LogP contribution in [0.4, 0.5) is 0 Å². The number of aliphatic carboxylic acids is 1. The lowest BCUT2D eigenvalue weighted by molar-refractivity contribution is -0.150. The molecular weight excluding hydrogens is 362 g/mol. The van der Waals surface area contributed by atoms with Crippen LogP contribution >= 0.6 is 0 Å². The van der Waals surface area contributed by atoms with Gasteiger partial charge < -0.3 is 14.5 Å². The summed E-state index contributed by atoms with van der Waals surface area (Å²) in [5, 5.41) is 13.2. The second kappa shape index (κ2) is 6.66. The number of aromatic nitrogens is 1. The third-order valence-electron chi connectivity index (χ3n) is 5.37. The summed E-state index contributed by atoms with van der Waals surface area (Å²) < 4.78 is 32.4. The summed E-state index contributed by atoms with van der Waals surface area (Å²) in [7, 11) is -4.01. The van der Waals surface area contributed by atoms with Gasteiger partial charge in [0.25, 0.3) is 0 Å². The molecule has 1 saturated heterocycles. The van der Waals surface area contributed by atoms with E-state index in [1.165, 1.54) is 25.7 Å². The Labute approximate surface area is 151 Å². The zero-order chi connectivity index (χ0) is 19.2. The standard InChI is InChI=1S/C16H23N3O6S/c1-8-14(10(3)25-17-8)26(23,24)18-9(2)15(20)19-7-11-5-4-6-12(11)13(19)16(21)22/h9,11-13,18H,4-7H2,1-3H3,(H,21,22). The van der Waals surface area contributed by atoms with Gasteiger partial charge in [-0.1, -0.05) is 11.6 Å². The number of fused-ring (bicyclic) bond motifs is 1. The zero-order valence-electron chi connectivity index (χ0n) is 14.9. The van der Waals surface area contributed by atoms with Gasteiger partial charge in [0.05, 0.1) is 6.04 Å². The van der Waals surface area contributed by atoms with Gasteiger partial charge in [0.1, 0.15) is 16.6 Å². The van der Waals surface area contributed by atoms with Crippen LogP contribution in [0.5, 0.6) is 0 Å². The van der Waals surface area contributed by atoms with Crippen molar-refractivity contribution < 1.29 is 27.6 Å². The molecule has 1 aromatic rings. The van der Waals surface area contributed by atoms with E-state index in [4.69, 9.17) is 4.52 Å². The first-order valence-corrected chi connectivity index (χ1v) is 10.1. The van der Waals surface area contributed by atoms with Gasteiger partial charge in [-0.15, -0.1) is 0 Å². The van der Waals surface area contributed by atoms with Gasteiger partial charge in [-0.05, 0) is 45.4 Å². The van der Waals surface area contributed by atoms with Crippen LogP contribution in [0.1, 0.15) is 37.6 Å². The Morgan fingerprint density at radius 2 is 2.04 bits per heavy atom. The third kappa shape index (κ3) is 3.11. The molecule has 1 amide bonds. The van der Waals surface area contributed by atoms with Crippen molar-refractivity contribution in [2.24, 2.45) is 11.8 Å². The summed E-state index contributed by atoms with van der Waals surface area (Å²) >= 11 is 0. The molecule has 144 valence electrons. The Kier molecular flexibility index (Phi) is 4.82. The summed E-state index contributed by atoms with van der Waals surface area (Å²) in [4.78, 5) is 25.7. The Morgan fingerprint density at radius 3 is 2.62 bits per heavy atom. The molecule has 1 aliphatic heterocycles. The number of carbonyl (C=O) groups is 2. The molecular formula is C16H23N3O6S. The van der Waals surface area contributed by atoms with Crippen LogP contribution in [0.2, 0.25) is 0 Å². The van der Waals surface area contributed by atoms with Crippen molar-refractivity contribution in [3.8, 4) is 0 Å². The minimum absolute atomic E-state index is 0.0529. The van der Waals surface area contributed by atoms with Crippen molar-refractivity contribution in [1.29, 1.82) is 0 Å². The number of sulfonamides is 1. The second-order valence-electron chi connectivity index (χ2n) is 7.12. The number of nitrogens with zero attached hydrogens (tertiary/aromatic N) is 2. The van der Waals surface area contributed by atoms with E-state index in [0.29, 0.717) is 6.54 Å². The molecule has 10 heteroatoms. The summed E-state index contributed by atoms with van der Waals surface area (Å²) in [5.74, 6) is -1.31. The highest BCUT2D eigenvalue weighted by atomic mass is 32.2. The number of likely N-dealkylation sites (tertiary alicyclic amines) is 1. The largest absolute Gasteiger partial charge is 0.480 e. The fraction of sp³-hybridized carbons (Fsp3) is 0.688. The number of hydrogen-bond donors (Lipinski definition) is 2. The molecule has 0 aromatic carbocycles. The van der Waals surface area contributed by atoms with Crippen LogP contribution in [0.15, 0.2) is 9.42 Å². The first kappa shape index (κ1) is 18.8. The number of carboxylic acids is 1. The maximum Gasteiger partial charge on any atom is 0.326 e. The Hall–Kier alpha value is -1.94. The molecule has 26 heavy (non-hydrogen) atoms. The molecule has 1 saturated carbocycles. The van der Waals surface area contributed by atoms with Gasteiger partial charge in [-0.3, -0.25) is 4.79 Å². The molecule has 0 bridgehead atoms. The van der Waals surface area contributed by atoms with Crippen molar-refractivity contribution in [2.45, 2.75) is 57.0 Å². The van der Waals surface area contributed by atoms with Crippen molar-refractivity contribution >= 4 is 21.9 Å². The van der Waals surface area contributed by atoms with E-state index in [-0.39, 0.29) is 28.2 Å². The maximum atomic E-state index is 12.8. The monoisotopic (exact) mass is 385 g/mol. The summed E-state index contributed by atoms with van der Waals surface area (Å²) in [6.07, 6.45) is 2.65. The van der Waals surface area contributed by atoms with Gasteiger partial charge >= 0.3 is 5.97 Å². The SMILES string of the molecule is Cc1noc(C)c1S(=O)(=O)NC(C)C(=O)N1CC2CCCC2C1C(=O)O. The summed E-state index contributed by atoms with van der Waals surface area (Å²) in [5.41, 5.74) is 0.203. The lowest BCUT2D eigenvalue weighted by atomic mass is 9.94. The van der Waals surface area contributed by atoms with Crippen LogP contribution in [-0.4, -0.2) is 54.1 Å². The van der Waals surface area contributed by atoms with Crippen molar-refractivity contribution in [3.05, 3.63) is 11.5 Å². The average molecular weight is 385 g/mol. The number of hydrogen-bond acceptors (Lipinski definition) is 6. The number of aryl methyl sites for hydroxylation is 2. The van der Waals surface area contributed by atoms with Crippen LogP contribution in [0.25, 0.3) is 0 Å². The minimum atomic E-state index is -4.01. The highest BCUT2D eigenvalue weighted by molar-refractivity contribution is 7.89. The zero-order valence-corrected chi connectivity index (χ0v) is 15.7. The first-order valence-electron chi connectivity index (χ1n) is 8.62. The normalized spacial score (nSPS) is 26.7. The molecule has 2 fully saturated rings. The Bertz CT molecular complexity index is 814. The fourth-order valence-corrected chi connectivity index (χ4v) is 5.82. The van der Waals surface area contributed by atoms with E-state index in [9.17, 15) is 23.1 Å². The van der Waals surface area contributed by atoms with E-state index in [0.717, 1.165) is 19.3 Å². The molecule has 4 unspecified atom stereocenters. The molecule has 1 aromatic heterocycles. The smallest absolute Gasteiger partial charge is 0.326 e. The number of nitrogens with one attached hydrogen (secondary N) is 1. The van der Waals surface area contributed by atoms with E-state index in [1.54, 1.807) is 0 Å². The van der Waals surface area contributed by atoms with Gasteiger partial charge in [0.2, 0.25) is 15.9 Å². The van der Waals surface area contributed by atoms with Crippen molar-refractivity contribution in [1.82, 2.24) is 14.8 Å². The molecule has 3 rings (SSSR count). The van der Waals surface area contributed by atoms with Gasteiger partial charge in [0, 0.05) is 6.54 Å². The summed E-state index contributed by atoms with van der Waals surface area (Å²) in [6.45, 7) is 4.76. The minimum Gasteiger partial charge on any atom is -0.480 e. The molecule has 9 nitrogen and oxygen atoms in total. The lowest BCUT2D eigenvalue weighted by Crippen LogP contribution is -2.51. The lowest BCUT2D eigenvalue weighted by Gasteiger charge is -2.27. The van der Waals surface area contributed by atoms with E-state index < -0.39 is 34.0 Å². The number of carbonyl (C=O) groups excluding carboxylic acids is 1. The first-order chi connectivity index (χ1) is 12.1. The predicted octanol–water partition coefficient (Wildman–Crippen LogP) is 0.670. The summed E-state index contributed by atoms with van der Waals surface area (Å²) in [6, 6.07) is -1.98. The molecule has 1 aliphatic carbocycles. The van der Waals surface area contributed by atoms with E-state index >= 15 is 0 Å². The fourth-order valence-electron chi connectivity index (χ4n) is 4.30. The molecule has 2 aliphatic rings. The van der Waals surface area contributed by atoms with E-state index in [1.807, 2.05) is 0 Å². The quantitative estimate of drug-likeness (QED) is 0.762. The molecule has 0 spiro atoms. The Balaban J connectivity index is 1.78. The van der Waals surface area contributed by atoms with Gasteiger partial charge in [-0.25, -0.2) is 13.2 Å². The topological polar surface area (TPSA) is 130 Å². The average Bonchev–Trinajstić information content (AvgIpc) is 3.19. The predicted molar refractivity (Wildman–Crippen MR) is 89.7 cm³/mol. The van der Waals surface area contributed by atoms with Crippen LogP contribution in [0.3, 0.4) is 0 Å². The van der Waals surface area contributed by atoms with Gasteiger partial charge in [0.15, 0.2) is 5.76 Å². The van der Waals surface area contributed by atoms with Crippen LogP contribution in [-0.2, 0) is 19.6 Å². The Morgan fingerprint density at radius 1 is 1.35 bits per heavy atom. The molecule has 2 heterocycles. The molecule has 2 N–H and O–H groups in total. The number of rotatable bonds is 5. The second-order valence-corrected chi connectivity index (χ2v) is 8.78.